The molecule has 1 saturated carbocycles. The summed E-state index contributed by atoms with van der Waals surface area (Å²) in [5, 5.41) is 16.8. The summed E-state index contributed by atoms with van der Waals surface area (Å²) >= 11 is 0. The Morgan fingerprint density at radius 3 is 2.67 bits per heavy atom. The fourth-order valence-electron chi connectivity index (χ4n) is 2.88. The largest absolute Gasteiger partial charge is 0.396 e. The molecule has 1 saturated heterocycles. The van der Waals surface area contributed by atoms with Crippen molar-refractivity contribution in [2.75, 3.05) is 45.9 Å². The summed E-state index contributed by atoms with van der Waals surface area (Å²) in [6.45, 7) is 8.66. The van der Waals surface area contributed by atoms with Gasteiger partial charge in [-0.25, -0.2) is 0 Å². The van der Waals surface area contributed by atoms with Gasteiger partial charge in [0.2, 0.25) is 0 Å². The summed E-state index contributed by atoms with van der Waals surface area (Å²) in [6, 6.07) is 1.92. The summed E-state index contributed by atoms with van der Waals surface area (Å²) in [6.07, 6.45) is 3.81. The number of nitrogens with one attached hydrogen (secondary N) is 1. The van der Waals surface area contributed by atoms with Gasteiger partial charge >= 0.3 is 0 Å². The van der Waals surface area contributed by atoms with Crippen LogP contribution in [0.4, 0.5) is 0 Å². The van der Waals surface area contributed by atoms with E-state index in [4.69, 9.17) is 9.52 Å². The average molecular weight is 449 g/mol. The van der Waals surface area contributed by atoms with E-state index in [-0.39, 0.29) is 36.0 Å². The number of piperazine rings is 1. The molecule has 7 nitrogen and oxygen atoms in total. The Labute approximate surface area is 160 Å². The number of hydrogen-bond donors (Lipinski definition) is 2. The highest BCUT2D eigenvalue weighted by atomic mass is 127. The minimum Gasteiger partial charge on any atom is -0.396 e. The molecular formula is C16H28IN5O2. The van der Waals surface area contributed by atoms with Gasteiger partial charge in [0.25, 0.3) is 0 Å². The van der Waals surface area contributed by atoms with Gasteiger partial charge in [-0.2, -0.15) is 0 Å². The Morgan fingerprint density at radius 1 is 1.38 bits per heavy atom. The van der Waals surface area contributed by atoms with Gasteiger partial charge < -0.3 is 19.8 Å². The molecule has 1 aliphatic heterocycles. The molecule has 0 radical (unpaired) electrons. The Kier molecular flexibility index (Phi) is 7.30. The van der Waals surface area contributed by atoms with Crippen LogP contribution in [-0.4, -0.2) is 71.9 Å². The molecule has 8 heteroatoms. The first-order chi connectivity index (χ1) is 11.2. The number of guanidine groups is 1. The van der Waals surface area contributed by atoms with Gasteiger partial charge in [0.05, 0.1) is 18.8 Å². The number of halogens is 1. The van der Waals surface area contributed by atoms with Gasteiger partial charge in [-0.3, -0.25) is 9.89 Å². The summed E-state index contributed by atoms with van der Waals surface area (Å²) in [7, 11) is 0. The van der Waals surface area contributed by atoms with E-state index in [1.807, 2.05) is 6.07 Å². The first-order valence-corrected chi connectivity index (χ1v) is 8.50. The van der Waals surface area contributed by atoms with Crippen molar-refractivity contribution in [3.63, 3.8) is 0 Å². The van der Waals surface area contributed by atoms with Crippen LogP contribution in [0, 0.1) is 5.41 Å². The van der Waals surface area contributed by atoms with Gasteiger partial charge in [0, 0.05) is 50.7 Å². The van der Waals surface area contributed by atoms with Crippen molar-refractivity contribution in [3.05, 3.63) is 18.0 Å². The second-order valence-electron chi connectivity index (χ2n) is 6.58. The number of rotatable bonds is 6. The Morgan fingerprint density at radius 2 is 2.12 bits per heavy atom. The van der Waals surface area contributed by atoms with Crippen molar-refractivity contribution in [3.8, 4) is 0 Å². The lowest BCUT2D eigenvalue weighted by molar-refractivity contribution is 0.168. The van der Waals surface area contributed by atoms with Gasteiger partial charge in [0.15, 0.2) is 5.96 Å². The normalized spacial score (nSPS) is 20.6. The number of hydrogen-bond acceptors (Lipinski definition) is 5. The smallest absolute Gasteiger partial charge is 0.194 e. The number of aromatic nitrogens is 1. The molecule has 2 aliphatic rings. The van der Waals surface area contributed by atoms with Crippen LogP contribution < -0.4 is 5.32 Å². The third kappa shape index (κ3) is 5.06. The second kappa shape index (κ2) is 9.00. The third-order valence-corrected chi connectivity index (χ3v) is 4.74. The maximum absolute atomic E-state index is 9.44. The zero-order chi connectivity index (χ0) is 16.1. The van der Waals surface area contributed by atoms with Crippen molar-refractivity contribution < 1.29 is 9.63 Å². The molecule has 2 heterocycles. The van der Waals surface area contributed by atoms with Crippen LogP contribution in [0.5, 0.6) is 0 Å². The molecule has 2 fully saturated rings. The average Bonchev–Trinajstić information content (AvgIpc) is 3.19. The van der Waals surface area contributed by atoms with Crippen molar-refractivity contribution in [1.29, 1.82) is 0 Å². The molecule has 24 heavy (non-hydrogen) atoms. The topological polar surface area (TPSA) is 77.1 Å². The lowest BCUT2D eigenvalue weighted by atomic mass is 10.1. The van der Waals surface area contributed by atoms with Crippen LogP contribution in [0.1, 0.15) is 25.5 Å². The van der Waals surface area contributed by atoms with E-state index in [0.29, 0.717) is 0 Å². The first kappa shape index (κ1) is 19.5. The molecular weight excluding hydrogens is 421 g/mol. The monoisotopic (exact) mass is 449 g/mol. The third-order valence-electron chi connectivity index (χ3n) is 4.74. The zero-order valence-corrected chi connectivity index (χ0v) is 16.6. The van der Waals surface area contributed by atoms with Crippen molar-refractivity contribution in [1.82, 2.24) is 20.3 Å². The Hall–Kier alpha value is -0.870. The number of aliphatic hydroxyl groups excluding tert-OH is 1. The Balaban J connectivity index is 0.00000208. The van der Waals surface area contributed by atoms with E-state index in [1.54, 1.807) is 6.26 Å². The second-order valence-corrected chi connectivity index (χ2v) is 6.58. The molecule has 1 aromatic heterocycles. The number of aliphatic hydroxyl groups is 1. The predicted molar refractivity (Wildman–Crippen MR) is 103 cm³/mol. The van der Waals surface area contributed by atoms with Crippen LogP contribution in [0.25, 0.3) is 0 Å². The van der Waals surface area contributed by atoms with Crippen molar-refractivity contribution in [2.45, 2.75) is 26.3 Å². The standard InChI is InChI=1S/C16H27N5O2.HI/c1-2-17-15(18-12-16(13-22)4-5-16)21-8-6-20(7-9-21)11-14-3-10-23-19-14;/h3,10,22H,2,4-9,11-13H2,1H3,(H,17,18);1H. The number of nitrogens with zero attached hydrogens (tertiary/aromatic N) is 4. The van der Waals surface area contributed by atoms with Crippen molar-refractivity contribution >= 4 is 29.9 Å². The van der Waals surface area contributed by atoms with Gasteiger partial charge in [-0.05, 0) is 19.8 Å². The maximum Gasteiger partial charge on any atom is 0.194 e. The highest BCUT2D eigenvalue weighted by Crippen LogP contribution is 2.45. The van der Waals surface area contributed by atoms with E-state index in [9.17, 15) is 5.11 Å². The molecule has 0 spiro atoms. The van der Waals surface area contributed by atoms with E-state index < -0.39 is 0 Å². The van der Waals surface area contributed by atoms with Crippen LogP contribution in [0.3, 0.4) is 0 Å². The fraction of sp³-hybridized carbons (Fsp3) is 0.750. The van der Waals surface area contributed by atoms with Gasteiger partial charge in [-0.1, -0.05) is 5.16 Å². The van der Waals surface area contributed by atoms with Crippen molar-refractivity contribution in [2.24, 2.45) is 10.4 Å². The van der Waals surface area contributed by atoms with Gasteiger partial charge in [-0.15, -0.1) is 24.0 Å². The van der Waals surface area contributed by atoms with E-state index in [2.05, 4.69) is 27.2 Å². The minimum atomic E-state index is 0. The molecule has 136 valence electrons. The molecule has 0 bridgehead atoms. The summed E-state index contributed by atoms with van der Waals surface area (Å²) in [5.74, 6) is 0.980. The zero-order valence-electron chi connectivity index (χ0n) is 14.3. The van der Waals surface area contributed by atoms with E-state index in [1.165, 1.54) is 0 Å². The molecule has 2 N–H and O–H groups in total. The lowest BCUT2D eigenvalue weighted by Crippen LogP contribution is -2.52. The van der Waals surface area contributed by atoms with Crippen LogP contribution in [-0.2, 0) is 6.54 Å². The lowest BCUT2D eigenvalue weighted by Gasteiger charge is -2.36. The SMILES string of the molecule is CCNC(=NCC1(CO)CC1)N1CCN(Cc2ccon2)CC1.I. The Bertz CT molecular complexity index is 511. The highest BCUT2D eigenvalue weighted by Gasteiger charge is 2.42. The maximum atomic E-state index is 9.44. The highest BCUT2D eigenvalue weighted by molar-refractivity contribution is 14.0. The summed E-state index contributed by atoms with van der Waals surface area (Å²) < 4.78 is 4.89. The van der Waals surface area contributed by atoms with Crippen LogP contribution in [0.15, 0.2) is 21.8 Å². The molecule has 0 atom stereocenters. The van der Waals surface area contributed by atoms with E-state index in [0.717, 1.165) is 70.3 Å². The predicted octanol–water partition coefficient (Wildman–Crippen LogP) is 1.15. The summed E-state index contributed by atoms with van der Waals surface area (Å²) in [4.78, 5) is 9.47. The molecule has 0 aromatic carbocycles. The van der Waals surface area contributed by atoms with Gasteiger partial charge in [0.1, 0.15) is 6.26 Å². The van der Waals surface area contributed by atoms with Crippen LogP contribution in [0.2, 0.25) is 0 Å². The molecule has 1 aliphatic carbocycles. The fourth-order valence-corrected chi connectivity index (χ4v) is 2.88. The minimum absolute atomic E-state index is 0. The molecule has 3 rings (SSSR count). The van der Waals surface area contributed by atoms with E-state index >= 15 is 0 Å². The first-order valence-electron chi connectivity index (χ1n) is 8.50. The summed E-state index contributed by atoms with van der Waals surface area (Å²) in [5.41, 5.74) is 1.05. The van der Waals surface area contributed by atoms with Crippen LogP contribution >= 0.6 is 24.0 Å². The molecule has 0 amide bonds. The molecule has 0 unspecified atom stereocenters. The quantitative estimate of drug-likeness (QED) is 0.386. The number of aliphatic imine (C=N–C) groups is 1. The molecule has 1 aromatic rings.